The zero-order chi connectivity index (χ0) is 9.10. The molecule has 0 aromatic heterocycles. The second-order valence-electron chi connectivity index (χ2n) is 3.88. The van der Waals surface area contributed by atoms with Crippen LogP contribution in [0.2, 0.25) is 0 Å². The summed E-state index contributed by atoms with van der Waals surface area (Å²) in [6.45, 7) is 7.55. The highest BCUT2D eigenvalue weighted by Gasteiger charge is 2.17. The van der Waals surface area contributed by atoms with Crippen LogP contribution in [0.3, 0.4) is 0 Å². The number of hydrogen-bond acceptors (Lipinski definition) is 1. The summed E-state index contributed by atoms with van der Waals surface area (Å²) < 4.78 is 0. The van der Waals surface area contributed by atoms with Gasteiger partial charge in [0.15, 0.2) is 0 Å². The molecule has 1 heteroatoms. The van der Waals surface area contributed by atoms with Gasteiger partial charge in [0.1, 0.15) is 0 Å². The lowest BCUT2D eigenvalue weighted by atomic mass is 10.2. The lowest BCUT2D eigenvalue weighted by Crippen LogP contribution is -2.19. The first-order valence-electron chi connectivity index (χ1n) is 4.94. The number of nitrogens with zero attached hydrogens (tertiary/aromatic N) is 1. The Hall–Kier alpha value is -0.820. The van der Waals surface area contributed by atoms with Gasteiger partial charge in [-0.2, -0.15) is 0 Å². The predicted octanol–water partition coefficient (Wildman–Crippen LogP) is 2.34. The highest BCUT2D eigenvalue weighted by Crippen LogP contribution is 2.16. The third kappa shape index (κ3) is 2.31. The molecule has 0 aliphatic carbocycles. The average Bonchev–Trinajstić information content (AvgIpc) is 2.53. The fraction of sp³-hybridized carbons (Fsp3) is 0.417. The first kappa shape index (κ1) is 8.76. The lowest BCUT2D eigenvalue weighted by Gasteiger charge is -2.14. The molecule has 13 heavy (non-hydrogen) atoms. The lowest BCUT2D eigenvalue weighted by molar-refractivity contribution is 0.324. The van der Waals surface area contributed by atoms with Gasteiger partial charge < -0.3 is 0 Å². The van der Waals surface area contributed by atoms with Crippen LogP contribution in [0.15, 0.2) is 30.3 Å². The highest BCUT2D eigenvalue weighted by atomic mass is 15.1. The van der Waals surface area contributed by atoms with Gasteiger partial charge in [-0.05, 0) is 31.4 Å². The van der Waals surface area contributed by atoms with Crippen LogP contribution in [0.5, 0.6) is 0 Å². The number of rotatable bonds is 2. The van der Waals surface area contributed by atoms with Gasteiger partial charge in [-0.1, -0.05) is 30.3 Å². The molecular weight excluding hydrogens is 158 g/mol. The molecule has 1 aliphatic rings. The standard InChI is InChI=1S/C12H16N/c1-11-7-8-13(9-11)10-12-5-3-2-4-6-12/h2-6,11H,1,7-10H2/t11-/m1/s1. The maximum Gasteiger partial charge on any atom is 0.0233 e. The topological polar surface area (TPSA) is 3.24 Å². The van der Waals surface area contributed by atoms with E-state index in [0.717, 1.165) is 13.1 Å². The molecule has 0 N–H and O–H groups in total. The fourth-order valence-electron chi connectivity index (χ4n) is 1.90. The molecule has 1 aliphatic heterocycles. The van der Waals surface area contributed by atoms with Gasteiger partial charge in [-0.25, -0.2) is 0 Å². The third-order valence-corrected chi connectivity index (χ3v) is 2.62. The van der Waals surface area contributed by atoms with Crippen LogP contribution in [-0.4, -0.2) is 18.0 Å². The monoisotopic (exact) mass is 174 g/mol. The quantitative estimate of drug-likeness (QED) is 0.665. The van der Waals surface area contributed by atoms with Crippen LogP contribution in [0.1, 0.15) is 12.0 Å². The molecule has 1 radical (unpaired) electrons. The van der Waals surface area contributed by atoms with E-state index in [1.807, 2.05) is 0 Å². The van der Waals surface area contributed by atoms with E-state index in [9.17, 15) is 0 Å². The summed E-state index contributed by atoms with van der Waals surface area (Å²) in [7, 11) is 0. The van der Waals surface area contributed by atoms with E-state index in [0.29, 0.717) is 5.92 Å². The van der Waals surface area contributed by atoms with Gasteiger partial charge in [0, 0.05) is 13.1 Å². The minimum atomic E-state index is 0.642. The first-order valence-corrected chi connectivity index (χ1v) is 4.94. The summed E-state index contributed by atoms with van der Waals surface area (Å²) >= 11 is 0. The van der Waals surface area contributed by atoms with Gasteiger partial charge in [-0.15, -0.1) is 0 Å². The molecule has 0 spiro atoms. The molecule has 1 saturated heterocycles. The van der Waals surface area contributed by atoms with Crippen molar-refractivity contribution in [2.45, 2.75) is 13.0 Å². The molecule has 1 heterocycles. The summed E-state index contributed by atoms with van der Waals surface area (Å²) in [5, 5.41) is 0. The van der Waals surface area contributed by atoms with Crippen LogP contribution < -0.4 is 0 Å². The largest absolute Gasteiger partial charge is 0.299 e. The van der Waals surface area contributed by atoms with Gasteiger partial charge in [0.25, 0.3) is 0 Å². The van der Waals surface area contributed by atoms with Gasteiger partial charge >= 0.3 is 0 Å². The van der Waals surface area contributed by atoms with Gasteiger partial charge in [0.2, 0.25) is 0 Å². The van der Waals surface area contributed by atoms with Crippen molar-refractivity contribution in [2.75, 3.05) is 13.1 Å². The van der Waals surface area contributed by atoms with Crippen molar-refractivity contribution in [2.24, 2.45) is 5.92 Å². The minimum Gasteiger partial charge on any atom is -0.299 e. The molecule has 1 nitrogen and oxygen atoms in total. The Bertz CT molecular complexity index is 255. The second kappa shape index (κ2) is 3.93. The molecule has 1 aromatic rings. The molecule has 0 bridgehead atoms. The summed E-state index contributed by atoms with van der Waals surface area (Å²) in [4.78, 5) is 2.48. The number of likely N-dealkylation sites (tertiary alicyclic amines) is 1. The Balaban J connectivity index is 1.92. The summed E-state index contributed by atoms with van der Waals surface area (Å²) in [6.07, 6.45) is 1.26. The minimum absolute atomic E-state index is 0.642. The van der Waals surface area contributed by atoms with Gasteiger partial charge in [-0.3, -0.25) is 4.90 Å². The van der Waals surface area contributed by atoms with E-state index >= 15 is 0 Å². The smallest absolute Gasteiger partial charge is 0.0233 e. The second-order valence-corrected chi connectivity index (χ2v) is 3.88. The molecule has 0 saturated carbocycles. The zero-order valence-electron chi connectivity index (χ0n) is 7.95. The Labute approximate surface area is 80.4 Å². The summed E-state index contributed by atoms with van der Waals surface area (Å²) in [5.41, 5.74) is 1.41. The van der Waals surface area contributed by atoms with E-state index in [-0.39, 0.29) is 0 Å². The van der Waals surface area contributed by atoms with E-state index in [1.54, 1.807) is 0 Å². The van der Waals surface area contributed by atoms with Crippen molar-refractivity contribution in [1.29, 1.82) is 0 Å². The Kier molecular flexibility index (Phi) is 2.65. The van der Waals surface area contributed by atoms with Crippen LogP contribution >= 0.6 is 0 Å². The SMILES string of the molecule is [CH2][C@@H]1CCN(Cc2ccccc2)C1. The zero-order valence-corrected chi connectivity index (χ0v) is 7.95. The van der Waals surface area contributed by atoms with E-state index in [1.165, 1.54) is 18.5 Å². The molecule has 1 fully saturated rings. The van der Waals surface area contributed by atoms with Crippen molar-refractivity contribution in [3.8, 4) is 0 Å². The van der Waals surface area contributed by atoms with Crippen LogP contribution in [0, 0.1) is 12.8 Å². The average molecular weight is 174 g/mol. The van der Waals surface area contributed by atoms with Crippen molar-refractivity contribution in [1.82, 2.24) is 4.90 Å². The molecule has 0 unspecified atom stereocenters. The molecule has 1 atom stereocenters. The number of hydrogen-bond donors (Lipinski definition) is 0. The molecule has 2 rings (SSSR count). The summed E-state index contributed by atoms with van der Waals surface area (Å²) in [6, 6.07) is 10.7. The Morgan fingerprint density at radius 2 is 2.08 bits per heavy atom. The normalized spacial score (nSPS) is 23.6. The van der Waals surface area contributed by atoms with Crippen LogP contribution in [0.4, 0.5) is 0 Å². The van der Waals surface area contributed by atoms with Crippen molar-refractivity contribution in [3.63, 3.8) is 0 Å². The van der Waals surface area contributed by atoms with E-state index < -0.39 is 0 Å². The fourth-order valence-corrected chi connectivity index (χ4v) is 1.90. The summed E-state index contributed by atoms with van der Waals surface area (Å²) in [5.74, 6) is 0.642. The molecule has 0 amide bonds. The van der Waals surface area contributed by atoms with E-state index in [2.05, 4.69) is 42.2 Å². The first-order chi connectivity index (χ1) is 6.34. The van der Waals surface area contributed by atoms with E-state index in [4.69, 9.17) is 0 Å². The highest BCUT2D eigenvalue weighted by molar-refractivity contribution is 5.14. The molecular formula is C12H16N. The number of benzene rings is 1. The van der Waals surface area contributed by atoms with Crippen molar-refractivity contribution in [3.05, 3.63) is 42.8 Å². The Morgan fingerprint density at radius 3 is 2.69 bits per heavy atom. The van der Waals surface area contributed by atoms with Crippen LogP contribution in [-0.2, 0) is 6.54 Å². The maximum absolute atomic E-state index is 4.09. The van der Waals surface area contributed by atoms with Crippen molar-refractivity contribution >= 4 is 0 Å². The maximum atomic E-state index is 4.09. The molecule has 1 aromatic carbocycles. The van der Waals surface area contributed by atoms with Crippen LogP contribution in [0.25, 0.3) is 0 Å². The predicted molar refractivity (Wildman–Crippen MR) is 55.2 cm³/mol. The van der Waals surface area contributed by atoms with Crippen molar-refractivity contribution < 1.29 is 0 Å². The molecule has 69 valence electrons. The Morgan fingerprint density at radius 1 is 1.31 bits per heavy atom. The third-order valence-electron chi connectivity index (χ3n) is 2.62. The van der Waals surface area contributed by atoms with Gasteiger partial charge in [0.05, 0.1) is 0 Å².